The highest BCUT2D eigenvalue weighted by molar-refractivity contribution is 6.00. The van der Waals surface area contributed by atoms with Gasteiger partial charge in [0.05, 0.1) is 31.8 Å². The van der Waals surface area contributed by atoms with E-state index in [9.17, 15) is 50.0 Å². The van der Waals surface area contributed by atoms with Crippen molar-refractivity contribution in [2.75, 3.05) is 26.2 Å². The quantitative estimate of drug-likeness (QED) is 0.438. The second-order valence-electron chi connectivity index (χ2n) is 7.02. The Kier molecular flexibility index (Phi) is 6.42. The van der Waals surface area contributed by atoms with E-state index in [1.165, 1.54) is 9.80 Å². The number of nitro groups is 4. The van der Waals surface area contributed by atoms with Crippen LogP contribution in [0.5, 0.6) is 0 Å². The molecule has 2 aromatic rings. The van der Waals surface area contributed by atoms with E-state index in [4.69, 9.17) is 0 Å². The van der Waals surface area contributed by atoms with Gasteiger partial charge in [-0.05, 0) is 12.1 Å². The number of non-ortho nitro benzene ring substituents is 2. The summed E-state index contributed by atoms with van der Waals surface area (Å²) in [6.45, 7) is -0.280. The minimum atomic E-state index is -0.909. The van der Waals surface area contributed by atoms with Crippen LogP contribution in [0.1, 0.15) is 20.7 Å². The molecule has 0 aromatic heterocycles. The molecule has 2 aromatic carbocycles. The number of rotatable bonds is 6. The van der Waals surface area contributed by atoms with Crippen molar-refractivity contribution in [3.8, 4) is 0 Å². The Morgan fingerprint density at radius 1 is 0.588 bits per heavy atom. The maximum Gasteiger partial charge on any atom is 0.289 e. The average molecular weight is 474 g/mol. The Balaban J connectivity index is 1.77. The van der Waals surface area contributed by atoms with Crippen molar-refractivity contribution >= 4 is 34.6 Å². The number of amides is 2. The molecule has 16 heteroatoms. The fourth-order valence-electron chi connectivity index (χ4n) is 3.38. The van der Waals surface area contributed by atoms with Crippen molar-refractivity contribution in [3.05, 3.63) is 88.0 Å². The molecule has 16 nitrogen and oxygen atoms in total. The normalized spacial score (nSPS) is 13.3. The van der Waals surface area contributed by atoms with Crippen molar-refractivity contribution in [2.45, 2.75) is 0 Å². The number of nitrogens with zero attached hydrogens (tertiary/aromatic N) is 6. The van der Waals surface area contributed by atoms with Crippen LogP contribution >= 0.6 is 0 Å². The smallest absolute Gasteiger partial charge is 0.289 e. The van der Waals surface area contributed by atoms with Crippen LogP contribution in [0.25, 0.3) is 0 Å². The molecular formula is C18H14N6O10. The molecule has 3 rings (SSSR count). The lowest BCUT2D eigenvalue weighted by atomic mass is 10.1. The standard InChI is InChI=1S/C18H14N6O10/c25-17(13-3-1-11(21(27)28)9-15(13)23(31)32)19-5-7-20(8-6-19)18(26)14-4-2-12(22(29)30)10-16(14)24(33)34/h1-4,9-10H,5-8H2. The summed E-state index contributed by atoms with van der Waals surface area (Å²) >= 11 is 0. The fourth-order valence-corrected chi connectivity index (χ4v) is 3.38. The van der Waals surface area contributed by atoms with Gasteiger partial charge in [0.25, 0.3) is 34.6 Å². The van der Waals surface area contributed by atoms with Crippen molar-refractivity contribution < 1.29 is 29.3 Å². The first-order chi connectivity index (χ1) is 16.0. The van der Waals surface area contributed by atoms with Gasteiger partial charge in [-0.15, -0.1) is 0 Å². The molecule has 1 heterocycles. The van der Waals surface area contributed by atoms with Gasteiger partial charge < -0.3 is 9.80 Å². The molecule has 0 unspecified atom stereocenters. The van der Waals surface area contributed by atoms with Crippen LogP contribution in [0, 0.1) is 40.5 Å². The molecule has 0 saturated carbocycles. The average Bonchev–Trinajstić information content (AvgIpc) is 2.82. The zero-order valence-electron chi connectivity index (χ0n) is 17.1. The lowest BCUT2D eigenvalue weighted by Crippen LogP contribution is -2.50. The van der Waals surface area contributed by atoms with Crippen molar-refractivity contribution in [1.82, 2.24) is 9.80 Å². The Morgan fingerprint density at radius 3 is 1.18 bits per heavy atom. The molecule has 0 atom stereocenters. The Morgan fingerprint density at radius 2 is 0.912 bits per heavy atom. The van der Waals surface area contributed by atoms with E-state index in [0.717, 1.165) is 24.3 Å². The van der Waals surface area contributed by atoms with Crippen LogP contribution in [0.3, 0.4) is 0 Å². The first-order valence-corrected chi connectivity index (χ1v) is 9.45. The largest absolute Gasteiger partial charge is 0.335 e. The maximum atomic E-state index is 12.8. The van der Waals surface area contributed by atoms with Crippen LogP contribution < -0.4 is 0 Å². The highest BCUT2D eigenvalue weighted by Gasteiger charge is 2.33. The lowest BCUT2D eigenvalue weighted by molar-refractivity contribution is -0.394. The second kappa shape index (κ2) is 9.23. The minimum Gasteiger partial charge on any atom is -0.335 e. The molecule has 0 spiro atoms. The number of nitro benzene ring substituents is 4. The van der Waals surface area contributed by atoms with Gasteiger partial charge in [-0.25, -0.2) is 0 Å². The van der Waals surface area contributed by atoms with Gasteiger partial charge in [0, 0.05) is 38.3 Å². The molecule has 1 aliphatic heterocycles. The zero-order valence-corrected chi connectivity index (χ0v) is 17.1. The molecule has 1 fully saturated rings. The van der Waals surface area contributed by atoms with Gasteiger partial charge in [-0.2, -0.15) is 0 Å². The summed E-state index contributed by atoms with van der Waals surface area (Å²) in [5, 5.41) is 44.3. The summed E-state index contributed by atoms with van der Waals surface area (Å²) < 4.78 is 0. The number of benzene rings is 2. The monoisotopic (exact) mass is 474 g/mol. The van der Waals surface area contributed by atoms with E-state index in [0.29, 0.717) is 12.1 Å². The Bertz CT molecular complexity index is 1140. The van der Waals surface area contributed by atoms with E-state index >= 15 is 0 Å². The van der Waals surface area contributed by atoms with E-state index in [1.807, 2.05) is 0 Å². The molecule has 176 valence electrons. The predicted octanol–water partition coefficient (Wildman–Crippen LogP) is 1.92. The van der Waals surface area contributed by atoms with E-state index in [1.54, 1.807) is 0 Å². The number of piperazine rings is 1. The van der Waals surface area contributed by atoms with Crippen molar-refractivity contribution in [1.29, 1.82) is 0 Å². The van der Waals surface area contributed by atoms with E-state index in [2.05, 4.69) is 0 Å². The molecule has 0 radical (unpaired) electrons. The molecule has 2 amide bonds. The highest BCUT2D eigenvalue weighted by Crippen LogP contribution is 2.28. The summed E-state index contributed by atoms with van der Waals surface area (Å²) in [7, 11) is 0. The SMILES string of the molecule is O=C(c1ccc([N+](=O)[O-])cc1[N+](=O)[O-])N1CCN(C(=O)c2ccc([N+](=O)[O-])cc2[N+](=O)[O-])CC1. The van der Waals surface area contributed by atoms with Crippen molar-refractivity contribution in [3.63, 3.8) is 0 Å². The third-order valence-corrected chi connectivity index (χ3v) is 5.09. The third kappa shape index (κ3) is 4.59. The van der Waals surface area contributed by atoms with Crippen LogP contribution in [0.15, 0.2) is 36.4 Å². The van der Waals surface area contributed by atoms with Crippen LogP contribution in [0.2, 0.25) is 0 Å². The van der Waals surface area contributed by atoms with Gasteiger partial charge in [-0.3, -0.25) is 50.0 Å². The van der Waals surface area contributed by atoms with Gasteiger partial charge in [0.1, 0.15) is 11.1 Å². The van der Waals surface area contributed by atoms with Gasteiger partial charge >= 0.3 is 0 Å². The topological polar surface area (TPSA) is 213 Å². The van der Waals surface area contributed by atoms with Gasteiger partial charge in [-0.1, -0.05) is 0 Å². The first kappa shape index (κ1) is 23.6. The van der Waals surface area contributed by atoms with Gasteiger partial charge in [0.15, 0.2) is 0 Å². The van der Waals surface area contributed by atoms with E-state index < -0.39 is 54.3 Å². The predicted molar refractivity (Wildman–Crippen MR) is 111 cm³/mol. The summed E-state index contributed by atoms with van der Waals surface area (Å²) in [4.78, 5) is 68.9. The van der Waals surface area contributed by atoms with Crippen LogP contribution in [-0.4, -0.2) is 67.5 Å². The first-order valence-electron chi connectivity index (χ1n) is 9.45. The molecular weight excluding hydrogens is 460 g/mol. The summed E-state index contributed by atoms with van der Waals surface area (Å²) in [6, 6.07) is 5.26. The summed E-state index contributed by atoms with van der Waals surface area (Å²) in [5.41, 5.74) is -3.30. The molecule has 0 aliphatic carbocycles. The summed E-state index contributed by atoms with van der Waals surface area (Å²) in [6.07, 6.45) is 0. The minimum absolute atomic E-state index is 0.0699. The third-order valence-electron chi connectivity index (χ3n) is 5.09. The molecule has 34 heavy (non-hydrogen) atoms. The molecule has 1 aliphatic rings. The second-order valence-corrected chi connectivity index (χ2v) is 7.02. The maximum absolute atomic E-state index is 12.8. The number of hydrogen-bond acceptors (Lipinski definition) is 10. The molecule has 0 bridgehead atoms. The molecule has 1 saturated heterocycles. The summed E-state index contributed by atoms with van der Waals surface area (Å²) in [5.74, 6) is -1.54. The Labute approximate surface area is 188 Å². The van der Waals surface area contributed by atoms with Gasteiger partial charge in [0.2, 0.25) is 0 Å². The number of carbonyl (C=O) groups is 2. The number of hydrogen-bond donors (Lipinski definition) is 0. The fraction of sp³-hybridized carbons (Fsp3) is 0.222. The van der Waals surface area contributed by atoms with Crippen molar-refractivity contribution in [2.24, 2.45) is 0 Å². The zero-order chi connectivity index (χ0) is 25.2. The Hall–Kier alpha value is -5.02. The number of carbonyl (C=O) groups excluding carboxylic acids is 2. The lowest BCUT2D eigenvalue weighted by Gasteiger charge is -2.34. The molecule has 0 N–H and O–H groups in total. The van der Waals surface area contributed by atoms with Crippen LogP contribution in [-0.2, 0) is 0 Å². The highest BCUT2D eigenvalue weighted by atomic mass is 16.6. The van der Waals surface area contributed by atoms with Crippen LogP contribution in [0.4, 0.5) is 22.7 Å². The van der Waals surface area contributed by atoms with E-state index in [-0.39, 0.29) is 37.3 Å².